The second kappa shape index (κ2) is 16.9. The van der Waals surface area contributed by atoms with Gasteiger partial charge in [0, 0.05) is 30.5 Å². The topological polar surface area (TPSA) is 50.9 Å². The molecule has 0 radical (unpaired) electrons. The maximum absolute atomic E-state index is 6.70. The predicted octanol–water partition coefficient (Wildman–Crippen LogP) is 10.6. The Morgan fingerprint density at radius 2 is 1.46 bits per heavy atom. The third-order valence-corrected chi connectivity index (χ3v) is 8.86. The molecule has 2 aliphatic rings. The lowest BCUT2D eigenvalue weighted by Gasteiger charge is -2.35. The second-order valence-electron chi connectivity index (χ2n) is 11.7. The van der Waals surface area contributed by atoms with E-state index in [1.165, 1.54) is 33.4 Å². The van der Waals surface area contributed by atoms with Gasteiger partial charge in [0.15, 0.2) is 0 Å². The molecule has 0 bridgehead atoms. The number of rotatable bonds is 6. The van der Waals surface area contributed by atoms with Crippen molar-refractivity contribution in [2.45, 2.75) is 30.7 Å². The van der Waals surface area contributed by atoms with Gasteiger partial charge in [0.2, 0.25) is 0 Å². The highest BCUT2D eigenvalue weighted by molar-refractivity contribution is 5.82. The molecular weight excluding hydrogens is 583 g/mol. The van der Waals surface area contributed by atoms with Gasteiger partial charge in [-0.25, -0.2) is 0 Å². The van der Waals surface area contributed by atoms with Crippen molar-refractivity contribution in [3.63, 3.8) is 0 Å². The molecule has 3 nitrogen and oxygen atoms in total. The summed E-state index contributed by atoms with van der Waals surface area (Å²) >= 11 is 0. The number of fused-ring (bicyclic) bond motifs is 7. The average Bonchev–Trinajstić information content (AvgIpc) is 3.43. The molecule has 3 heteroatoms. The molecule has 2 unspecified atom stereocenters. The van der Waals surface area contributed by atoms with Crippen LogP contribution >= 0.6 is 0 Å². The van der Waals surface area contributed by atoms with Gasteiger partial charge >= 0.3 is 0 Å². The Hall–Kier alpha value is -5.51. The van der Waals surface area contributed by atoms with Gasteiger partial charge < -0.3 is 11.1 Å². The van der Waals surface area contributed by atoms with Gasteiger partial charge in [-0.15, -0.1) is 13.2 Å². The first-order valence-electron chi connectivity index (χ1n) is 16.6. The molecule has 0 saturated carbocycles. The Kier molecular flexibility index (Phi) is 11.9. The summed E-state index contributed by atoms with van der Waals surface area (Å²) in [6.07, 6.45) is 22.0. The van der Waals surface area contributed by atoms with Crippen LogP contribution in [0, 0.1) is 0 Å². The van der Waals surface area contributed by atoms with Gasteiger partial charge in [0.05, 0.1) is 11.1 Å². The lowest BCUT2D eigenvalue weighted by Crippen LogP contribution is -2.29. The standard InChI is InChI=1S/C36H32N2.C7H9N.C2H4/c37-34(21-9-2-1-5-14-27-15-6-3-7-16-27)29-22-23-30-33(26-29)36(32-20-13-25-38-35(30)32)24-12-4-8-17-28-18-10-11-19-31(28)36;1-8-7-5-3-2-4-6-7;1-2/h1-7,9-16,18-23,25-26,34H,8,17,24,37H2;2-6,8H,1H3;1-2H2/b2-1-,12-4-,14-5-,21-9+;;. The summed E-state index contributed by atoms with van der Waals surface area (Å²) in [5.41, 5.74) is 17.6. The number of nitrogens with two attached hydrogens (primary N) is 1. The molecule has 1 spiro atoms. The van der Waals surface area contributed by atoms with Gasteiger partial charge in [-0.1, -0.05) is 146 Å². The number of aromatic nitrogens is 1. The zero-order valence-corrected chi connectivity index (χ0v) is 27.8. The highest BCUT2D eigenvalue weighted by Crippen LogP contribution is 2.55. The number of nitrogens with one attached hydrogen (secondary N) is 1. The van der Waals surface area contributed by atoms with E-state index < -0.39 is 0 Å². The van der Waals surface area contributed by atoms with Crippen molar-refractivity contribution in [2.75, 3.05) is 12.4 Å². The van der Waals surface area contributed by atoms with Crippen LogP contribution in [0.15, 0.2) is 177 Å². The van der Waals surface area contributed by atoms with Crippen molar-refractivity contribution < 1.29 is 0 Å². The van der Waals surface area contributed by atoms with Crippen LogP contribution in [0.4, 0.5) is 5.69 Å². The molecule has 5 aromatic rings. The molecule has 2 atom stereocenters. The maximum atomic E-state index is 6.70. The predicted molar refractivity (Wildman–Crippen MR) is 206 cm³/mol. The van der Waals surface area contributed by atoms with Crippen molar-refractivity contribution >= 4 is 11.8 Å². The summed E-state index contributed by atoms with van der Waals surface area (Å²) in [5, 5.41) is 3.03. The van der Waals surface area contributed by atoms with Crippen LogP contribution in [-0.4, -0.2) is 12.0 Å². The first-order chi connectivity index (χ1) is 23.7. The van der Waals surface area contributed by atoms with E-state index in [9.17, 15) is 0 Å². The van der Waals surface area contributed by atoms with Crippen LogP contribution < -0.4 is 11.1 Å². The highest BCUT2D eigenvalue weighted by atomic mass is 14.8. The van der Waals surface area contributed by atoms with E-state index in [0.717, 1.165) is 36.2 Å². The Balaban J connectivity index is 0.000000392. The van der Waals surface area contributed by atoms with Crippen LogP contribution in [0.5, 0.6) is 0 Å². The summed E-state index contributed by atoms with van der Waals surface area (Å²) in [6.45, 7) is 6.00. The summed E-state index contributed by atoms with van der Waals surface area (Å²) in [6, 6.07) is 40.2. The molecule has 1 heterocycles. The number of anilines is 1. The van der Waals surface area contributed by atoms with Crippen LogP contribution in [0.25, 0.3) is 17.3 Å². The molecule has 0 saturated heterocycles. The third-order valence-electron chi connectivity index (χ3n) is 8.86. The van der Waals surface area contributed by atoms with Crippen molar-refractivity contribution in [1.29, 1.82) is 0 Å². The Morgan fingerprint density at radius 1 is 0.750 bits per heavy atom. The largest absolute Gasteiger partial charge is 0.388 e. The lowest BCUT2D eigenvalue weighted by atomic mass is 9.67. The summed E-state index contributed by atoms with van der Waals surface area (Å²) < 4.78 is 0. The van der Waals surface area contributed by atoms with E-state index in [1.54, 1.807) is 0 Å². The minimum absolute atomic E-state index is 0.198. The van der Waals surface area contributed by atoms with E-state index >= 15 is 0 Å². The van der Waals surface area contributed by atoms with Gasteiger partial charge in [-0.3, -0.25) is 4.98 Å². The first kappa shape index (κ1) is 33.8. The van der Waals surface area contributed by atoms with Crippen LogP contribution in [-0.2, 0) is 11.8 Å². The molecular formula is C45H45N3. The average molecular weight is 628 g/mol. The minimum Gasteiger partial charge on any atom is -0.388 e. The number of para-hydroxylation sites is 1. The summed E-state index contributed by atoms with van der Waals surface area (Å²) in [7, 11) is 1.91. The van der Waals surface area contributed by atoms with E-state index in [-0.39, 0.29) is 11.5 Å². The fourth-order valence-corrected chi connectivity index (χ4v) is 6.59. The monoisotopic (exact) mass is 627 g/mol. The van der Waals surface area contributed by atoms with E-state index in [1.807, 2.05) is 86.1 Å². The van der Waals surface area contributed by atoms with Crippen molar-refractivity contribution in [2.24, 2.45) is 5.73 Å². The molecule has 48 heavy (non-hydrogen) atoms. The van der Waals surface area contributed by atoms with Crippen molar-refractivity contribution in [3.8, 4) is 11.3 Å². The molecule has 0 aliphatic heterocycles. The minimum atomic E-state index is -0.256. The molecule has 2 aliphatic carbocycles. The fraction of sp³-hybridized carbons (Fsp3) is 0.133. The number of nitrogens with zero attached hydrogens (tertiary/aromatic N) is 1. The quantitative estimate of drug-likeness (QED) is 0.145. The molecule has 4 aromatic carbocycles. The maximum Gasteiger partial charge on any atom is 0.0749 e. The molecule has 3 N–H and O–H groups in total. The van der Waals surface area contributed by atoms with Gasteiger partial charge in [0.1, 0.15) is 0 Å². The number of pyridine rings is 1. The van der Waals surface area contributed by atoms with Crippen molar-refractivity contribution in [3.05, 3.63) is 211 Å². The van der Waals surface area contributed by atoms with Crippen LogP contribution in [0.3, 0.4) is 0 Å². The number of benzene rings is 4. The van der Waals surface area contributed by atoms with Gasteiger partial charge in [-0.2, -0.15) is 0 Å². The second-order valence-corrected chi connectivity index (χ2v) is 11.7. The third kappa shape index (κ3) is 7.54. The molecule has 240 valence electrons. The Labute approximate surface area is 286 Å². The first-order valence-corrected chi connectivity index (χ1v) is 16.6. The SMILES string of the molecule is C=C.CNc1ccccc1.NC(/C=C/C=C\C=C/c1ccccc1)c1ccc2c(c1)C1(C/C=C\CCc3ccccc31)c1cccnc1-2. The Morgan fingerprint density at radius 3 is 2.23 bits per heavy atom. The van der Waals surface area contributed by atoms with Gasteiger partial charge in [-0.05, 0) is 70.8 Å². The number of hydrogen-bond donors (Lipinski definition) is 2. The molecule has 0 fully saturated rings. The van der Waals surface area contributed by atoms with Crippen molar-refractivity contribution in [1.82, 2.24) is 4.98 Å². The van der Waals surface area contributed by atoms with Crippen LogP contribution in [0.1, 0.15) is 52.3 Å². The zero-order valence-electron chi connectivity index (χ0n) is 27.8. The highest BCUT2D eigenvalue weighted by Gasteiger charge is 2.46. The molecule has 7 rings (SSSR count). The van der Waals surface area contributed by atoms with Crippen LogP contribution in [0.2, 0.25) is 0 Å². The Bertz CT molecular complexity index is 1880. The molecule has 0 amide bonds. The lowest BCUT2D eigenvalue weighted by molar-refractivity contribution is 0.625. The van der Waals surface area contributed by atoms with E-state index in [0.29, 0.717) is 0 Å². The zero-order chi connectivity index (χ0) is 33.6. The molecule has 1 aromatic heterocycles. The number of hydrogen-bond acceptors (Lipinski definition) is 3. The fourth-order valence-electron chi connectivity index (χ4n) is 6.59. The number of allylic oxidation sites excluding steroid dienone is 6. The normalized spacial score (nSPS) is 17.2. The van der Waals surface area contributed by atoms with E-state index in [2.05, 4.69) is 110 Å². The summed E-state index contributed by atoms with van der Waals surface area (Å²) in [5.74, 6) is 0. The smallest absolute Gasteiger partial charge is 0.0749 e. The van der Waals surface area contributed by atoms with Gasteiger partial charge in [0.25, 0.3) is 0 Å². The summed E-state index contributed by atoms with van der Waals surface area (Å²) in [4.78, 5) is 4.87. The number of aryl methyl sites for hydroxylation is 1. The van der Waals surface area contributed by atoms with E-state index in [4.69, 9.17) is 10.7 Å².